The van der Waals surface area contributed by atoms with E-state index in [1.54, 1.807) is 24.3 Å². The van der Waals surface area contributed by atoms with E-state index in [1.807, 2.05) is 0 Å². The molecule has 0 amide bonds. The summed E-state index contributed by atoms with van der Waals surface area (Å²) in [5, 5.41) is 4.09. The smallest absolute Gasteiger partial charge is 0.324 e. The summed E-state index contributed by atoms with van der Waals surface area (Å²) in [5.41, 5.74) is 0.504. The first-order chi connectivity index (χ1) is 14.7. The van der Waals surface area contributed by atoms with Crippen molar-refractivity contribution in [2.24, 2.45) is 11.3 Å². The van der Waals surface area contributed by atoms with Gasteiger partial charge in [0.25, 0.3) is 0 Å². The highest BCUT2D eigenvalue weighted by atomic mass is 32.2. The van der Waals surface area contributed by atoms with Crippen LogP contribution < -0.4 is 9.64 Å². The Morgan fingerprint density at radius 2 is 1.87 bits per heavy atom. The Labute approximate surface area is 185 Å². The van der Waals surface area contributed by atoms with Gasteiger partial charge in [-0.3, -0.25) is 0 Å². The van der Waals surface area contributed by atoms with Crippen LogP contribution in [0.3, 0.4) is 0 Å². The third kappa shape index (κ3) is 5.22. The van der Waals surface area contributed by atoms with E-state index in [2.05, 4.69) is 28.9 Å². The third-order valence-corrected chi connectivity index (χ3v) is 7.89. The molecule has 2 heterocycles. The Hall–Kier alpha value is -2.09. The van der Waals surface area contributed by atoms with Gasteiger partial charge in [0, 0.05) is 25.3 Å². The van der Waals surface area contributed by atoms with Crippen molar-refractivity contribution in [2.45, 2.75) is 63.2 Å². The zero-order valence-electron chi connectivity index (χ0n) is 18.7. The van der Waals surface area contributed by atoms with Crippen LogP contribution in [-0.4, -0.2) is 44.5 Å². The molecule has 0 unspecified atom stereocenters. The van der Waals surface area contributed by atoms with Crippen molar-refractivity contribution in [3.63, 3.8) is 0 Å². The lowest BCUT2D eigenvalue weighted by atomic mass is 9.56. The summed E-state index contributed by atoms with van der Waals surface area (Å²) < 4.78 is 34.3. The second-order valence-corrected chi connectivity index (χ2v) is 11.6. The van der Waals surface area contributed by atoms with Crippen molar-refractivity contribution in [3.05, 3.63) is 30.1 Å². The molecule has 2 fully saturated rings. The molecular formula is C23H33N3O4S. The van der Waals surface area contributed by atoms with Crippen LogP contribution in [0.4, 0.5) is 6.01 Å². The minimum Gasteiger partial charge on any atom is -0.494 e. The first-order valence-corrected chi connectivity index (χ1v) is 13.1. The van der Waals surface area contributed by atoms with Crippen LogP contribution in [0.1, 0.15) is 64.1 Å². The van der Waals surface area contributed by atoms with Crippen LogP contribution in [0.5, 0.6) is 5.75 Å². The molecule has 4 rings (SSSR count). The van der Waals surface area contributed by atoms with Gasteiger partial charge in [0.15, 0.2) is 15.7 Å². The molecule has 0 bridgehead atoms. The minimum absolute atomic E-state index is 0.289. The van der Waals surface area contributed by atoms with Crippen molar-refractivity contribution >= 4 is 15.9 Å². The Morgan fingerprint density at radius 3 is 2.45 bits per heavy atom. The molecule has 7 nitrogen and oxygen atoms in total. The van der Waals surface area contributed by atoms with E-state index in [0.29, 0.717) is 22.9 Å². The van der Waals surface area contributed by atoms with Gasteiger partial charge in [0.2, 0.25) is 0 Å². The molecule has 2 aromatic rings. The van der Waals surface area contributed by atoms with Crippen molar-refractivity contribution in [1.82, 2.24) is 10.1 Å². The number of anilines is 1. The van der Waals surface area contributed by atoms with Gasteiger partial charge in [-0.1, -0.05) is 19.0 Å². The van der Waals surface area contributed by atoms with Gasteiger partial charge in [-0.2, -0.15) is 4.98 Å². The molecule has 0 atom stereocenters. The van der Waals surface area contributed by atoms with Gasteiger partial charge in [-0.25, -0.2) is 8.42 Å². The Kier molecular flexibility index (Phi) is 6.28. The molecule has 1 spiro atoms. The molecule has 1 saturated heterocycles. The lowest BCUT2D eigenvalue weighted by Crippen LogP contribution is -2.47. The first kappa shape index (κ1) is 22.1. The lowest BCUT2D eigenvalue weighted by Gasteiger charge is -2.52. The predicted octanol–water partition coefficient (Wildman–Crippen LogP) is 4.45. The summed E-state index contributed by atoms with van der Waals surface area (Å²) in [6.07, 6.45) is 8.45. The SMILES string of the molecule is CC(C)c1noc(N2CCC3(CC2)CC(CCCOc2ccc(S(C)(=O)=O)cc2)C3)n1. The molecule has 2 aliphatic rings. The van der Waals surface area contributed by atoms with Gasteiger partial charge in [0.05, 0.1) is 11.5 Å². The first-order valence-electron chi connectivity index (χ1n) is 11.3. The van der Waals surface area contributed by atoms with Crippen molar-refractivity contribution in [2.75, 3.05) is 30.9 Å². The quantitative estimate of drug-likeness (QED) is 0.553. The van der Waals surface area contributed by atoms with Crippen LogP contribution in [0.15, 0.2) is 33.7 Å². The summed E-state index contributed by atoms with van der Waals surface area (Å²) in [4.78, 5) is 7.10. The number of benzene rings is 1. The number of ether oxygens (including phenoxy) is 1. The van der Waals surface area contributed by atoms with Crippen molar-refractivity contribution in [3.8, 4) is 5.75 Å². The van der Waals surface area contributed by atoms with Crippen LogP contribution in [0.2, 0.25) is 0 Å². The zero-order valence-corrected chi connectivity index (χ0v) is 19.5. The van der Waals surface area contributed by atoms with E-state index in [9.17, 15) is 8.42 Å². The number of nitrogens with zero attached hydrogens (tertiary/aromatic N) is 3. The van der Waals surface area contributed by atoms with E-state index in [-0.39, 0.29) is 5.92 Å². The lowest BCUT2D eigenvalue weighted by molar-refractivity contribution is 0.0198. The molecule has 31 heavy (non-hydrogen) atoms. The van der Waals surface area contributed by atoms with Gasteiger partial charge in [-0.15, -0.1) is 0 Å². The van der Waals surface area contributed by atoms with Crippen molar-refractivity contribution < 1.29 is 17.7 Å². The molecule has 8 heteroatoms. The number of aromatic nitrogens is 2. The normalized spacial score (nSPS) is 19.0. The Morgan fingerprint density at radius 1 is 1.19 bits per heavy atom. The maximum atomic E-state index is 11.5. The fraction of sp³-hybridized carbons (Fsp3) is 0.652. The van der Waals surface area contributed by atoms with Gasteiger partial charge in [0.1, 0.15) is 5.75 Å². The Balaban J connectivity index is 1.14. The largest absolute Gasteiger partial charge is 0.494 e. The maximum absolute atomic E-state index is 11.5. The molecular weight excluding hydrogens is 414 g/mol. The van der Waals surface area contributed by atoms with E-state index in [1.165, 1.54) is 38.4 Å². The molecule has 1 aromatic carbocycles. The van der Waals surface area contributed by atoms with Gasteiger partial charge >= 0.3 is 6.01 Å². The zero-order chi connectivity index (χ0) is 22.1. The number of piperidine rings is 1. The predicted molar refractivity (Wildman–Crippen MR) is 119 cm³/mol. The molecule has 1 aliphatic carbocycles. The minimum atomic E-state index is -3.16. The second kappa shape index (κ2) is 8.81. The number of rotatable bonds is 8. The van der Waals surface area contributed by atoms with Crippen LogP contribution in [-0.2, 0) is 9.84 Å². The van der Waals surface area contributed by atoms with Gasteiger partial charge in [-0.05, 0) is 74.1 Å². The fourth-order valence-corrected chi connectivity index (χ4v) is 5.51. The van der Waals surface area contributed by atoms with E-state index >= 15 is 0 Å². The Bertz CT molecular complexity index is 969. The highest BCUT2D eigenvalue weighted by Gasteiger charge is 2.45. The standard InChI is InChI=1S/C23H33N3O4S/c1-17(2)21-24-22(30-25-21)26-12-10-23(11-13-26)15-18(16-23)5-4-14-29-19-6-8-20(9-7-19)31(3,27)28/h6-9,17-18H,4-5,10-16H2,1-3H3. The molecule has 1 aliphatic heterocycles. The van der Waals surface area contributed by atoms with Crippen molar-refractivity contribution in [1.29, 1.82) is 0 Å². The molecule has 1 aromatic heterocycles. The van der Waals surface area contributed by atoms with E-state index in [0.717, 1.165) is 37.0 Å². The molecule has 1 saturated carbocycles. The number of sulfone groups is 1. The molecule has 0 N–H and O–H groups in total. The second-order valence-electron chi connectivity index (χ2n) is 9.59. The summed E-state index contributed by atoms with van der Waals surface area (Å²) in [7, 11) is -3.16. The monoisotopic (exact) mass is 447 g/mol. The van der Waals surface area contributed by atoms with E-state index in [4.69, 9.17) is 9.26 Å². The van der Waals surface area contributed by atoms with E-state index < -0.39 is 9.84 Å². The highest BCUT2D eigenvalue weighted by Crippen LogP contribution is 2.54. The number of hydrogen-bond acceptors (Lipinski definition) is 7. The van der Waals surface area contributed by atoms with Crippen LogP contribution in [0, 0.1) is 11.3 Å². The third-order valence-electron chi connectivity index (χ3n) is 6.76. The average molecular weight is 448 g/mol. The van der Waals surface area contributed by atoms with Crippen LogP contribution in [0.25, 0.3) is 0 Å². The van der Waals surface area contributed by atoms with Gasteiger partial charge < -0.3 is 14.2 Å². The summed E-state index contributed by atoms with van der Waals surface area (Å²) in [6, 6.07) is 7.35. The highest BCUT2D eigenvalue weighted by molar-refractivity contribution is 7.90. The summed E-state index contributed by atoms with van der Waals surface area (Å²) in [6.45, 7) is 6.82. The molecule has 0 radical (unpaired) electrons. The average Bonchev–Trinajstić information content (AvgIpc) is 3.20. The summed E-state index contributed by atoms with van der Waals surface area (Å²) in [5.74, 6) is 2.59. The van der Waals surface area contributed by atoms with Crippen LogP contribution >= 0.6 is 0 Å². The topological polar surface area (TPSA) is 85.5 Å². The number of hydrogen-bond donors (Lipinski definition) is 0. The summed E-state index contributed by atoms with van der Waals surface area (Å²) >= 11 is 0. The molecule has 170 valence electrons. The fourth-order valence-electron chi connectivity index (χ4n) is 4.88. The maximum Gasteiger partial charge on any atom is 0.324 e.